The van der Waals surface area contributed by atoms with Gasteiger partial charge in [0.1, 0.15) is 0 Å². The first-order chi connectivity index (χ1) is 7.12. The van der Waals surface area contributed by atoms with Gasteiger partial charge in [-0.2, -0.15) is 13.2 Å². The summed E-state index contributed by atoms with van der Waals surface area (Å²) in [6.45, 7) is 1.26. The van der Waals surface area contributed by atoms with Crippen LogP contribution in [0.1, 0.15) is 32.6 Å². The smallest absolute Gasteiger partial charge is 0.288 e. The maximum Gasteiger partial charge on any atom is 0.389 e. The van der Waals surface area contributed by atoms with Gasteiger partial charge in [0.25, 0.3) is 0 Å². The summed E-state index contributed by atoms with van der Waals surface area (Å²) in [6, 6.07) is 0. The minimum Gasteiger partial charge on any atom is -0.288 e. The molecule has 0 aromatic heterocycles. The van der Waals surface area contributed by atoms with Crippen LogP contribution < -0.4 is 0 Å². The van der Waals surface area contributed by atoms with E-state index in [0.717, 1.165) is 11.8 Å². The van der Waals surface area contributed by atoms with Crippen molar-refractivity contribution >= 4 is 16.9 Å². The van der Waals surface area contributed by atoms with Crippen LogP contribution in [0.2, 0.25) is 0 Å². The largest absolute Gasteiger partial charge is 0.389 e. The molecule has 0 atom stereocenters. The van der Waals surface area contributed by atoms with Crippen LogP contribution in [0, 0.1) is 0 Å². The third kappa shape index (κ3) is 10.2. The molecule has 16 heavy (non-hydrogen) atoms. The Morgan fingerprint density at radius 3 is 2.06 bits per heavy atom. The van der Waals surface area contributed by atoms with Crippen molar-refractivity contribution in [1.82, 2.24) is 0 Å². The highest BCUT2D eigenvalue weighted by Crippen LogP contribution is 2.30. The monoisotopic (exact) mass is 264 g/mol. The molecular weight excluding hydrogens is 251 g/mol. The van der Waals surface area contributed by atoms with E-state index >= 15 is 0 Å². The van der Waals surface area contributed by atoms with Gasteiger partial charge in [-0.05, 0) is 6.42 Å². The first-order valence-corrected chi connectivity index (χ1v) is 5.69. The molecule has 0 amide bonds. The average Bonchev–Trinajstić information content (AvgIpc) is 1.99. The molecule has 0 N–H and O–H groups in total. The molecule has 0 aromatic carbocycles. The van der Waals surface area contributed by atoms with Crippen molar-refractivity contribution in [3.8, 4) is 0 Å². The Balaban J connectivity index is 3.74. The predicted octanol–water partition coefficient (Wildman–Crippen LogP) is 4.02. The van der Waals surface area contributed by atoms with Crippen molar-refractivity contribution in [1.29, 1.82) is 0 Å². The Bertz CT molecular complexity index is 226. The molecule has 0 spiro atoms. The van der Waals surface area contributed by atoms with E-state index in [0.29, 0.717) is 0 Å². The van der Waals surface area contributed by atoms with Gasteiger partial charge in [0.15, 0.2) is 5.12 Å². The highest BCUT2D eigenvalue weighted by molar-refractivity contribution is 8.13. The van der Waals surface area contributed by atoms with Gasteiger partial charge in [0.2, 0.25) is 5.92 Å². The van der Waals surface area contributed by atoms with Gasteiger partial charge in [-0.25, -0.2) is 8.78 Å². The topological polar surface area (TPSA) is 17.1 Å². The van der Waals surface area contributed by atoms with Gasteiger partial charge in [-0.15, -0.1) is 0 Å². The quantitative estimate of drug-likeness (QED) is 0.674. The number of thioether (sulfide) groups is 1. The highest BCUT2D eigenvalue weighted by atomic mass is 32.2. The lowest BCUT2D eigenvalue weighted by atomic mass is 10.1. The predicted molar refractivity (Wildman–Crippen MR) is 52.6 cm³/mol. The third-order valence-corrected chi connectivity index (χ3v) is 2.59. The lowest BCUT2D eigenvalue weighted by molar-refractivity contribution is -0.139. The lowest BCUT2D eigenvalue weighted by Gasteiger charge is -2.16. The van der Waals surface area contributed by atoms with Crippen molar-refractivity contribution in [3.05, 3.63) is 0 Å². The summed E-state index contributed by atoms with van der Waals surface area (Å²) in [4.78, 5) is 10.4. The van der Waals surface area contributed by atoms with Gasteiger partial charge < -0.3 is 0 Å². The lowest BCUT2D eigenvalue weighted by Crippen LogP contribution is -2.18. The van der Waals surface area contributed by atoms with Crippen molar-refractivity contribution < 1.29 is 26.7 Å². The second kappa shape index (κ2) is 6.42. The van der Waals surface area contributed by atoms with E-state index in [2.05, 4.69) is 0 Å². The molecular formula is C9H13F5OS. The van der Waals surface area contributed by atoms with Crippen LogP contribution in [0.25, 0.3) is 0 Å². The number of carbonyl (C=O) groups is 1. The van der Waals surface area contributed by atoms with Crippen LogP contribution in [0.15, 0.2) is 0 Å². The van der Waals surface area contributed by atoms with Crippen molar-refractivity contribution in [2.45, 2.75) is 44.7 Å². The molecule has 0 heterocycles. The number of halogens is 5. The summed E-state index contributed by atoms with van der Waals surface area (Å²) in [6.07, 6.45) is -7.51. The number of carbonyl (C=O) groups excluding carboxylic acids is 1. The number of hydrogen-bond acceptors (Lipinski definition) is 2. The average molecular weight is 264 g/mol. The Hall–Kier alpha value is -0.330. The molecule has 0 saturated heterocycles. The van der Waals surface area contributed by atoms with Gasteiger partial charge >= 0.3 is 6.18 Å². The normalized spacial score (nSPS) is 12.9. The second-order valence-corrected chi connectivity index (χ2v) is 4.69. The SMILES string of the molecule is CC(=O)SCCC(F)(F)CCCC(F)(F)F. The zero-order valence-electron chi connectivity index (χ0n) is 8.74. The third-order valence-electron chi connectivity index (χ3n) is 1.78. The summed E-state index contributed by atoms with van der Waals surface area (Å²) in [5.41, 5.74) is 0. The van der Waals surface area contributed by atoms with Crippen LogP contribution in [-0.2, 0) is 4.79 Å². The molecule has 0 aliphatic heterocycles. The van der Waals surface area contributed by atoms with E-state index in [1.807, 2.05) is 0 Å². The van der Waals surface area contributed by atoms with E-state index in [-0.39, 0.29) is 10.9 Å². The van der Waals surface area contributed by atoms with Crippen LogP contribution in [-0.4, -0.2) is 23.0 Å². The molecule has 0 aliphatic rings. The van der Waals surface area contributed by atoms with Crippen LogP contribution in [0.5, 0.6) is 0 Å². The van der Waals surface area contributed by atoms with Crippen LogP contribution in [0.4, 0.5) is 22.0 Å². The molecule has 0 aromatic rings. The van der Waals surface area contributed by atoms with Crippen molar-refractivity contribution in [2.24, 2.45) is 0 Å². The first-order valence-electron chi connectivity index (χ1n) is 4.70. The summed E-state index contributed by atoms with van der Waals surface area (Å²) in [7, 11) is 0. The molecule has 0 fully saturated rings. The minimum atomic E-state index is -4.38. The fourth-order valence-corrected chi connectivity index (χ4v) is 1.70. The number of rotatable bonds is 6. The second-order valence-electron chi connectivity index (χ2n) is 3.41. The van der Waals surface area contributed by atoms with E-state index < -0.39 is 37.8 Å². The van der Waals surface area contributed by atoms with Gasteiger partial charge in [0, 0.05) is 31.9 Å². The molecule has 0 saturated carbocycles. The zero-order valence-corrected chi connectivity index (χ0v) is 9.56. The summed E-state index contributed by atoms with van der Waals surface area (Å²) < 4.78 is 61.0. The maximum absolute atomic E-state index is 13.0. The molecule has 0 aliphatic carbocycles. The molecule has 1 nitrogen and oxygen atoms in total. The highest BCUT2D eigenvalue weighted by Gasteiger charge is 2.32. The fourth-order valence-electron chi connectivity index (χ4n) is 1.02. The summed E-state index contributed by atoms with van der Waals surface area (Å²) >= 11 is 0.756. The Kier molecular flexibility index (Phi) is 6.28. The van der Waals surface area contributed by atoms with Crippen molar-refractivity contribution in [2.75, 3.05) is 5.75 Å². The molecule has 0 rings (SSSR count). The van der Waals surface area contributed by atoms with E-state index in [4.69, 9.17) is 0 Å². The Morgan fingerprint density at radius 1 is 1.06 bits per heavy atom. The maximum atomic E-state index is 13.0. The Labute approximate surface area is 94.8 Å². The van der Waals surface area contributed by atoms with E-state index in [9.17, 15) is 26.7 Å². The standard InChI is InChI=1S/C9H13F5OS/c1-7(15)16-6-5-8(10,11)3-2-4-9(12,13)14/h2-6H2,1H3. The molecule has 0 unspecified atom stereocenters. The molecule has 0 radical (unpaired) electrons. The number of hydrogen-bond donors (Lipinski definition) is 0. The summed E-state index contributed by atoms with van der Waals surface area (Å²) in [5.74, 6) is -3.18. The van der Waals surface area contributed by atoms with Crippen LogP contribution in [0.3, 0.4) is 0 Å². The van der Waals surface area contributed by atoms with Gasteiger partial charge in [-0.1, -0.05) is 11.8 Å². The summed E-state index contributed by atoms with van der Waals surface area (Å²) in [5, 5.41) is -0.272. The van der Waals surface area contributed by atoms with E-state index in [1.54, 1.807) is 0 Å². The number of alkyl halides is 5. The van der Waals surface area contributed by atoms with Crippen LogP contribution >= 0.6 is 11.8 Å². The molecule has 96 valence electrons. The van der Waals surface area contributed by atoms with Gasteiger partial charge in [-0.3, -0.25) is 4.79 Å². The van der Waals surface area contributed by atoms with E-state index in [1.165, 1.54) is 6.92 Å². The van der Waals surface area contributed by atoms with Gasteiger partial charge in [0.05, 0.1) is 0 Å². The molecule has 7 heteroatoms. The first kappa shape index (κ1) is 15.7. The minimum absolute atomic E-state index is 0.0612. The fraction of sp³-hybridized carbons (Fsp3) is 0.889. The zero-order chi connectivity index (χ0) is 12.8. The molecule has 0 bridgehead atoms. The Morgan fingerprint density at radius 2 is 1.62 bits per heavy atom. The van der Waals surface area contributed by atoms with Crippen molar-refractivity contribution in [3.63, 3.8) is 0 Å².